The zero-order valence-electron chi connectivity index (χ0n) is 12.5. The van der Waals surface area contributed by atoms with Crippen LogP contribution in [0.15, 0.2) is 0 Å². The summed E-state index contributed by atoms with van der Waals surface area (Å²) in [5, 5.41) is 13.3. The van der Waals surface area contributed by atoms with Crippen molar-refractivity contribution in [2.24, 2.45) is 0 Å². The number of rotatable bonds is 5. The minimum atomic E-state index is -0.953. The van der Waals surface area contributed by atoms with E-state index in [-0.39, 0.29) is 24.0 Å². The van der Waals surface area contributed by atoms with Crippen LogP contribution in [-0.2, 0) is 9.63 Å². The van der Waals surface area contributed by atoms with Crippen LogP contribution in [0, 0.1) is 11.3 Å². The van der Waals surface area contributed by atoms with E-state index in [0.29, 0.717) is 0 Å². The van der Waals surface area contributed by atoms with Gasteiger partial charge < -0.3 is 5.32 Å². The van der Waals surface area contributed by atoms with Crippen LogP contribution in [-0.4, -0.2) is 34.7 Å². The van der Waals surface area contributed by atoms with Gasteiger partial charge in [0.2, 0.25) is 5.91 Å². The zero-order chi connectivity index (χ0) is 14.6. The molecule has 0 rings (SSSR count). The highest BCUT2D eigenvalue weighted by molar-refractivity contribution is 5.78. The number of nitriles is 1. The fourth-order valence-corrected chi connectivity index (χ4v) is 1.20. The Morgan fingerprint density at radius 2 is 1.83 bits per heavy atom. The normalized spacial score (nSPS) is 12.7. The molecule has 0 saturated heterocycles. The number of hydrogen-bond donors (Lipinski definition) is 1. The van der Waals surface area contributed by atoms with E-state index in [0.717, 1.165) is 0 Å². The maximum Gasteiger partial charge on any atom is 0.236 e. The van der Waals surface area contributed by atoms with Crippen LogP contribution in [0.4, 0.5) is 0 Å². The van der Waals surface area contributed by atoms with Gasteiger partial charge in [-0.1, -0.05) is 0 Å². The Bertz CT molecular complexity index is 324. The molecule has 0 fully saturated rings. The van der Waals surface area contributed by atoms with Gasteiger partial charge in [0.1, 0.15) is 6.54 Å². The summed E-state index contributed by atoms with van der Waals surface area (Å²) in [6.45, 7) is 13.1. The van der Waals surface area contributed by atoms with Gasteiger partial charge in [0, 0.05) is 11.6 Å². The Hall–Kier alpha value is -1.12. The second-order valence-corrected chi connectivity index (χ2v) is 6.14. The number of carbonyl (C=O) groups excluding carboxylic acids is 1. The maximum atomic E-state index is 11.8. The van der Waals surface area contributed by atoms with Crippen molar-refractivity contribution in [1.29, 1.82) is 5.26 Å². The average Bonchev–Trinajstić information content (AvgIpc) is 2.13. The predicted molar refractivity (Wildman–Crippen MR) is 70.5 cm³/mol. The van der Waals surface area contributed by atoms with Crippen LogP contribution in [0.2, 0.25) is 0 Å². The number of nitrogens with zero attached hydrogens (tertiary/aromatic N) is 2. The van der Waals surface area contributed by atoms with E-state index in [1.54, 1.807) is 18.9 Å². The lowest BCUT2D eigenvalue weighted by Crippen LogP contribution is -2.51. The lowest BCUT2D eigenvalue weighted by Gasteiger charge is -2.37. The number of nitrogens with one attached hydrogen (secondary N) is 1. The fraction of sp³-hybridized carbons (Fsp3) is 0.846. The van der Waals surface area contributed by atoms with E-state index in [1.165, 1.54) is 0 Å². The molecule has 0 aliphatic carbocycles. The molecule has 0 aromatic heterocycles. The van der Waals surface area contributed by atoms with Crippen molar-refractivity contribution in [1.82, 2.24) is 10.4 Å². The third-order valence-corrected chi connectivity index (χ3v) is 2.09. The first-order valence-electron chi connectivity index (χ1n) is 6.15. The Kier molecular flexibility index (Phi) is 5.78. The Balaban J connectivity index is 4.74. The lowest BCUT2D eigenvalue weighted by molar-refractivity contribution is -0.253. The third-order valence-electron chi connectivity index (χ3n) is 2.09. The molecule has 0 aromatic carbocycles. The topological polar surface area (TPSA) is 65.4 Å². The van der Waals surface area contributed by atoms with Crippen molar-refractivity contribution in [3.05, 3.63) is 0 Å². The SMILES string of the molecule is CC(C)NC(=O)CN(OC(C)(C)C#N)C(C)(C)C. The second kappa shape index (κ2) is 6.17. The molecule has 1 amide bonds. The van der Waals surface area contributed by atoms with Gasteiger partial charge in [-0.3, -0.25) is 9.63 Å². The van der Waals surface area contributed by atoms with Gasteiger partial charge >= 0.3 is 0 Å². The van der Waals surface area contributed by atoms with Crippen LogP contribution < -0.4 is 5.32 Å². The first-order chi connectivity index (χ1) is 7.98. The van der Waals surface area contributed by atoms with Crippen molar-refractivity contribution in [3.8, 4) is 6.07 Å². The zero-order valence-corrected chi connectivity index (χ0v) is 12.5. The minimum absolute atomic E-state index is 0.0864. The van der Waals surface area contributed by atoms with Crippen molar-refractivity contribution >= 4 is 5.91 Å². The second-order valence-electron chi connectivity index (χ2n) is 6.14. The monoisotopic (exact) mass is 255 g/mol. The largest absolute Gasteiger partial charge is 0.353 e. The highest BCUT2D eigenvalue weighted by Crippen LogP contribution is 2.19. The first-order valence-corrected chi connectivity index (χ1v) is 6.15. The smallest absolute Gasteiger partial charge is 0.236 e. The molecule has 0 unspecified atom stereocenters. The summed E-state index contributed by atoms with van der Waals surface area (Å²) in [6.07, 6.45) is 0. The molecular formula is C13H25N3O2. The van der Waals surface area contributed by atoms with Crippen molar-refractivity contribution in [3.63, 3.8) is 0 Å². The standard InChI is InChI=1S/C13H25N3O2/c1-10(2)15-11(17)8-16(12(3,4)5)18-13(6,7)9-14/h10H,8H2,1-7H3,(H,15,17). The summed E-state index contributed by atoms with van der Waals surface area (Å²) in [4.78, 5) is 17.4. The summed E-state index contributed by atoms with van der Waals surface area (Å²) in [5.41, 5.74) is -1.31. The van der Waals surface area contributed by atoms with Crippen LogP contribution >= 0.6 is 0 Å². The molecule has 0 spiro atoms. The van der Waals surface area contributed by atoms with Gasteiger partial charge in [-0.05, 0) is 48.5 Å². The molecule has 0 radical (unpaired) electrons. The van der Waals surface area contributed by atoms with Gasteiger partial charge in [0.05, 0.1) is 6.07 Å². The number of amides is 1. The average molecular weight is 255 g/mol. The first kappa shape index (κ1) is 16.9. The summed E-state index contributed by atoms with van der Waals surface area (Å²) in [6, 6.07) is 2.15. The maximum absolute atomic E-state index is 11.8. The Morgan fingerprint density at radius 3 is 2.17 bits per heavy atom. The molecule has 0 aliphatic heterocycles. The van der Waals surface area contributed by atoms with E-state index in [1.807, 2.05) is 34.6 Å². The molecule has 104 valence electrons. The van der Waals surface area contributed by atoms with E-state index in [4.69, 9.17) is 10.1 Å². The van der Waals surface area contributed by atoms with Crippen molar-refractivity contribution < 1.29 is 9.63 Å². The lowest BCUT2D eigenvalue weighted by atomic mass is 10.1. The van der Waals surface area contributed by atoms with Crippen molar-refractivity contribution in [2.75, 3.05) is 6.54 Å². The van der Waals surface area contributed by atoms with Gasteiger partial charge in [0.15, 0.2) is 5.60 Å². The molecule has 1 N–H and O–H groups in total. The van der Waals surface area contributed by atoms with E-state index in [2.05, 4.69) is 11.4 Å². The highest BCUT2D eigenvalue weighted by atomic mass is 16.7. The third kappa shape index (κ3) is 6.58. The fourth-order valence-electron chi connectivity index (χ4n) is 1.20. The van der Waals surface area contributed by atoms with Gasteiger partial charge in [-0.2, -0.15) is 10.3 Å². The number of hydrogen-bond acceptors (Lipinski definition) is 4. The predicted octanol–water partition coefficient (Wildman–Crippen LogP) is 1.85. The van der Waals surface area contributed by atoms with E-state index >= 15 is 0 Å². The van der Waals surface area contributed by atoms with Crippen LogP contribution in [0.5, 0.6) is 0 Å². The molecule has 0 aromatic rings. The summed E-state index contributed by atoms with van der Waals surface area (Å²) < 4.78 is 0. The molecule has 0 saturated carbocycles. The number of carbonyl (C=O) groups is 1. The van der Waals surface area contributed by atoms with Gasteiger partial charge in [-0.15, -0.1) is 0 Å². The minimum Gasteiger partial charge on any atom is -0.353 e. The molecule has 5 nitrogen and oxygen atoms in total. The molecule has 18 heavy (non-hydrogen) atoms. The van der Waals surface area contributed by atoms with E-state index < -0.39 is 5.60 Å². The van der Waals surface area contributed by atoms with Crippen LogP contribution in [0.3, 0.4) is 0 Å². The van der Waals surface area contributed by atoms with Crippen molar-refractivity contribution in [2.45, 2.75) is 65.6 Å². The molecule has 0 aliphatic rings. The van der Waals surface area contributed by atoms with Crippen LogP contribution in [0.25, 0.3) is 0 Å². The summed E-state index contributed by atoms with van der Waals surface area (Å²) in [5.74, 6) is -0.117. The molecule has 0 heterocycles. The number of hydroxylamine groups is 2. The Labute approximate surface area is 110 Å². The Morgan fingerprint density at radius 1 is 1.33 bits per heavy atom. The quantitative estimate of drug-likeness (QED) is 0.761. The molecule has 5 heteroatoms. The van der Waals surface area contributed by atoms with Gasteiger partial charge in [-0.25, -0.2) is 0 Å². The summed E-state index contributed by atoms with van der Waals surface area (Å²) in [7, 11) is 0. The molecular weight excluding hydrogens is 230 g/mol. The van der Waals surface area contributed by atoms with Gasteiger partial charge in [0.25, 0.3) is 0 Å². The molecule has 0 atom stereocenters. The van der Waals surface area contributed by atoms with E-state index in [9.17, 15) is 4.79 Å². The molecule has 0 bridgehead atoms. The van der Waals surface area contributed by atoms with Crippen LogP contribution in [0.1, 0.15) is 48.5 Å². The highest BCUT2D eigenvalue weighted by Gasteiger charge is 2.31. The summed E-state index contributed by atoms with van der Waals surface area (Å²) >= 11 is 0.